The van der Waals surface area contributed by atoms with Gasteiger partial charge in [0.15, 0.2) is 0 Å². The van der Waals surface area contributed by atoms with Crippen LogP contribution >= 0.6 is 0 Å². The minimum absolute atomic E-state index is 0.0892. The van der Waals surface area contributed by atoms with Crippen LogP contribution in [0.1, 0.15) is 25.1 Å². The van der Waals surface area contributed by atoms with Crippen molar-refractivity contribution in [2.75, 3.05) is 13.1 Å². The molecule has 0 aliphatic heterocycles. The summed E-state index contributed by atoms with van der Waals surface area (Å²) < 4.78 is 0. The molecule has 0 radical (unpaired) electrons. The number of nitrogens with zero attached hydrogens (tertiary/aromatic N) is 1. The number of rotatable bonds is 7. The maximum Gasteiger partial charge on any atom is 0.233 e. The van der Waals surface area contributed by atoms with Crippen LogP contribution in [0.25, 0.3) is 0 Å². The number of aryl methyl sites for hydroxylation is 1. The second-order valence-corrected chi connectivity index (χ2v) is 4.14. The Balaban J connectivity index is 1.48. The third kappa shape index (κ3) is 4.02. The molecule has 0 aromatic carbocycles. The minimum Gasteiger partial charge on any atom is -0.355 e. The fourth-order valence-corrected chi connectivity index (χ4v) is 1.51. The molecule has 88 valence electrons. The molecule has 1 amide bonds. The monoisotopic (exact) mass is 222 g/mol. The Morgan fingerprint density at radius 3 is 3.12 bits per heavy atom. The van der Waals surface area contributed by atoms with Crippen LogP contribution in [0.15, 0.2) is 12.4 Å². The van der Waals surface area contributed by atoms with Gasteiger partial charge in [0.2, 0.25) is 5.91 Å². The Labute approximate surface area is 95.0 Å². The zero-order valence-corrected chi connectivity index (χ0v) is 9.33. The van der Waals surface area contributed by atoms with Crippen molar-refractivity contribution in [1.82, 2.24) is 20.6 Å². The van der Waals surface area contributed by atoms with E-state index in [-0.39, 0.29) is 5.91 Å². The van der Waals surface area contributed by atoms with Crippen molar-refractivity contribution >= 4 is 5.91 Å². The summed E-state index contributed by atoms with van der Waals surface area (Å²) in [5.74, 6) is 1.07. The Hall–Kier alpha value is -1.36. The Morgan fingerprint density at radius 2 is 2.44 bits per heavy atom. The Bertz CT molecular complexity index is 319. The van der Waals surface area contributed by atoms with Gasteiger partial charge in [0.25, 0.3) is 0 Å². The van der Waals surface area contributed by atoms with Crippen LogP contribution in [0.2, 0.25) is 0 Å². The van der Waals surface area contributed by atoms with E-state index in [9.17, 15) is 4.79 Å². The van der Waals surface area contributed by atoms with Crippen molar-refractivity contribution < 1.29 is 4.79 Å². The fourth-order valence-electron chi connectivity index (χ4n) is 1.51. The zero-order valence-electron chi connectivity index (χ0n) is 9.33. The molecule has 1 saturated carbocycles. The lowest BCUT2D eigenvalue weighted by molar-refractivity contribution is -0.120. The van der Waals surface area contributed by atoms with Gasteiger partial charge in [-0.25, -0.2) is 4.98 Å². The van der Waals surface area contributed by atoms with E-state index in [1.54, 1.807) is 6.20 Å². The van der Waals surface area contributed by atoms with Gasteiger partial charge >= 0.3 is 0 Å². The van der Waals surface area contributed by atoms with E-state index in [0.29, 0.717) is 19.1 Å². The fraction of sp³-hybridized carbons (Fsp3) is 0.636. The first-order chi connectivity index (χ1) is 7.84. The van der Waals surface area contributed by atoms with Gasteiger partial charge in [0.1, 0.15) is 5.82 Å². The van der Waals surface area contributed by atoms with Gasteiger partial charge in [-0.15, -0.1) is 0 Å². The van der Waals surface area contributed by atoms with Crippen molar-refractivity contribution in [2.24, 2.45) is 0 Å². The van der Waals surface area contributed by atoms with E-state index >= 15 is 0 Å². The number of carbonyl (C=O) groups is 1. The van der Waals surface area contributed by atoms with Crippen molar-refractivity contribution in [2.45, 2.75) is 31.7 Å². The number of imidazole rings is 1. The molecule has 0 atom stereocenters. The van der Waals surface area contributed by atoms with Gasteiger partial charge in [0.05, 0.1) is 6.54 Å². The van der Waals surface area contributed by atoms with Crippen molar-refractivity contribution in [3.05, 3.63) is 18.2 Å². The summed E-state index contributed by atoms with van der Waals surface area (Å²) in [6.07, 6.45) is 7.78. The normalized spacial score (nSPS) is 15.0. The lowest BCUT2D eigenvalue weighted by Crippen LogP contribution is -2.35. The molecule has 3 N–H and O–H groups in total. The van der Waals surface area contributed by atoms with E-state index in [1.165, 1.54) is 12.8 Å². The molecule has 16 heavy (non-hydrogen) atoms. The van der Waals surface area contributed by atoms with E-state index in [4.69, 9.17) is 0 Å². The summed E-state index contributed by atoms with van der Waals surface area (Å²) in [4.78, 5) is 18.5. The van der Waals surface area contributed by atoms with Crippen molar-refractivity contribution in [3.8, 4) is 0 Å². The van der Waals surface area contributed by atoms with Gasteiger partial charge in [-0.2, -0.15) is 0 Å². The predicted molar refractivity (Wildman–Crippen MR) is 60.9 cm³/mol. The molecule has 0 bridgehead atoms. The molecule has 0 unspecified atom stereocenters. The van der Waals surface area contributed by atoms with Gasteiger partial charge < -0.3 is 15.6 Å². The number of carbonyl (C=O) groups excluding carboxylic acids is 1. The van der Waals surface area contributed by atoms with E-state index in [1.807, 2.05) is 6.20 Å². The second-order valence-electron chi connectivity index (χ2n) is 4.14. The lowest BCUT2D eigenvalue weighted by atomic mass is 10.3. The van der Waals surface area contributed by atoms with Crippen LogP contribution in [0, 0.1) is 0 Å². The SMILES string of the molecule is O=C(CNC1CC1)NCCCc1ncc[nH]1. The van der Waals surface area contributed by atoms with Crippen molar-refractivity contribution in [3.63, 3.8) is 0 Å². The molecule has 1 aromatic heterocycles. The maximum atomic E-state index is 11.3. The van der Waals surface area contributed by atoms with Crippen LogP contribution in [0.3, 0.4) is 0 Å². The Kier molecular flexibility index (Phi) is 3.93. The molecular weight excluding hydrogens is 204 g/mol. The van der Waals surface area contributed by atoms with E-state index in [2.05, 4.69) is 20.6 Å². The summed E-state index contributed by atoms with van der Waals surface area (Å²) in [5.41, 5.74) is 0. The first-order valence-electron chi connectivity index (χ1n) is 5.83. The lowest BCUT2D eigenvalue weighted by Gasteiger charge is -2.05. The third-order valence-corrected chi connectivity index (χ3v) is 2.60. The first kappa shape index (κ1) is 11.1. The topological polar surface area (TPSA) is 69.8 Å². The predicted octanol–water partition coefficient (Wildman–Crippen LogP) is 0.211. The standard InChI is InChI=1S/C11H18N4O/c16-11(8-15-9-3-4-9)14-5-1-2-10-12-6-7-13-10/h6-7,9,15H,1-5,8H2,(H,12,13)(H,14,16). The molecule has 2 rings (SSSR count). The maximum absolute atomic E-state index is 11.3. The summed E-state index contributed by atoms with van der Waals surface area (Å²) in [7, 11) is 0. The number of amides is 1. The highest BCUT2D eigenvalue weighted by molar-refractivity contribution is 5.78. The molecule has 1 aliphatic rings. The largest absolute Gasteiger partial charge is 0.355 e. The molecule has 1 heterocycles. The van der Waals surface area contributed by atoms with Crippen molar-refractivity contribution in [1.29, 1.82) is 0 Å². The summed E-state index contributed by atoms with van der Waals surface area (Å²) >= 11 is 0. The van der Waals surface area contributed by atoms with E-state index in [0.717, 1.165) is 18.7 Å². The highest BCUT2D eigenvalue weighted by Gasteiger charge is 2.20. The Morgan fingerprint density at radius 1 is 1.56 bits per heavy atom. The number of hydrogen-bond donors (Lipinski definition) is 3. The highest BCUT2D eigenvalue weighted by Crippen LogP contribution is 2.17. The molecule has 0 saturated heterocycles. The van der Waals surface area contributed by atoms with Crippen LogP contribution in [0.4, 0.5) is 0 Å². The summed E-state index contributed by atoms with van der Waals surface area (Å²) in [5, 5.41) is 6.07. The quantitative estimate of drug-likeness (QED) is 0.578. The average molecular weight is 222 g/mol. The number of aromatic amines is 1. The third-order valence-electron chi connectivity index (χ3n) is 2.60. The van der Waals surface area contributed by atoms with Gasteiger partial charge in [-0.05, 0) is 19.3 Å². The highest BCUT2D eigenvalue weighted by atomic mass is 16.1. The van der Waals surface area contributed by atoms with Crippen LogP contribution in [-0.2, 0) is 11.2 Å². The average Bonchev–Trinajstić information content (AvgIpc) is 2.97. The number of H-pyrrole nitrogens is 1. The molecule has 0 spiro atoms. The number of nitrogens with one attached hydrogen (secondary N) is 3. The summed E-state index contributed by atoms with van der Waals surface area (Å²) in [6.45, 7) is 1.16. The van der Waals surface area contributed by atoms with Crippen LogP contribution < -0.4 is 10.6 Å². The summed E-state index contributed by atoms with van der Waals surface area (Å²) in [6, 6.07) is 0.592. The van der Waals surface area contributed by atoms with Gasteiger partial charge in [-0.3, -0.25) is 4.79 Å². The molecular formula is C11H18N4O. The molecule has 5 nitrogen and oxygen atoms in total. The molecule has 1 aromatic rings. The first-order valence-corrected chi connectivity index (χ1v) is 5.83. The zero-order chi connectivity index (χ0) is 11.2. The molecule has 1 fully saturated rings. The van der Waals surface area contributed by atoms with Crippen LogP contribution in [-0.4, -0.2) is 35.0 Å². The van der Waals surface area contributed by atoms with Gasteiger partial charge in [-0.1, -0.05) is 0 Å². The minimum atomic E-state index is 0.0892. The number of hydrogen-bond acceptors (Lipinski definition) is 3. The molecule has 5 heteroatoms. The van der Waals surface area contributed by atoms with Gasteiger partial charge in [0, 0.05) is 31.4 Å². The van der Waals surface area contributed by atoms with Crippen LogP contribution in [0.5, 0.6) is 0 Å². The molecule has 1 aliphatic carbocycles. The second kappa shape index (κ2) is 5.65. The number of aromatic nitrogens is 2. The smallest absolute Gasteiger partial charge is 0.233 e. The van der Waals surface area contributed by atoms with E-state index < -0.39 is 0 Å².